The van der Waals surface area contributed by atoms with Gasteiger partial charge in [0.05, 0.1) is 22.8 Å². The fourth-order valence-corrected chi connectivity index (χ4v) is 2.99. The summed E-state index contributed by atoms with van der Waals surface area (Å²) in [6.07, 6.45) is 0. The number of benzene rings is 1. The van der Waals surface area contributed by atoms with E-state index in [0.29, 0.717) is 28.5 Å². The summed E-state index contributed by atoms with van der Waals surface area (Å²) in [6, 6.07) is 7.17. The predicted octanol–water partition coefficient (Wildman–Crippen LogP) is 4.16. The number of aryl methyl sites for hydroxylation is 3. The molecule has 2 aromatic heterocycles. The van der Waals surface area contributed by atoms with Crippen LogP contribution in [0, 0.1) is 20.8 Å². The van der Waals surface area contributed by atoms with Crippen molar-refractivity contribution in [2.24, 2.45) is 0 Å². The van der Waals surface area contributed by atoms with Crippen molar-refractivity contribution in [2.45, 2.75) is 31.2 Å². The molecule has 0 atom stereocenters. The van der Waals surface area contributed by atoms with Crippen LogP contribution in [0.3, 0.4) is 0 Å². The number of nitrogens with one attached hydrogen (secondary N) is 1. The molecular formula is C17H15F3N4OS. The molecule has 136 valence electrons. The van der Waals surface area contributed by atoms with Gasteiger partial charge < -0.3 is 0 Å². The van der Waals surface area contributed by atoms with Crippen molar-refractivity contribution in [3.63, 3.8) is 0 Å². The third-order valence-corrected chi connectivity index (χ3v) is 4.53. The molecule has 3 aromatic rings. The monoisotopic (exact) mass is 380 g/mol. The number of nitrogens with zero attached hydrogens (tertiary/aromatic N) is 3. The first-order valence-electron chi connectivity index (χ1n) is 7.64. The number of hydrogen-bond donors (Lipinski definition) is 1. The Hall–Kier alpha value is -2.55. The number of thioether (sulfide) groups is 1. The van der Waals surface area contributed by atoms with Crippen LogP contribution in [-0.4, -0.2) is 25.3 Å². The molecule has 0 aliphatic rings. The molecule has 0 aliphatic carbocycles. The summed E-state index contributed by atoms with van der Waals surface area (Å²) < 4.78 is 38.5. The molecule has 5 nitrogen and oxygen atoms in total. The molecule has 0 fully saturated rings. The number of aromatic amines is 1. The summed E-state index contributed by atoms with van der Waals surface area (Å²) in [5, 5.41) is 2.94. The Morgan fingerprint density at radius 1 is 1.00 bits per heavy atom. The van der Waals surface area contributed by atoms with Crippen LogP contribution >= 0.6 is 11.8 Å². The van der Waals surface area contributed by atoms with E-state index in [0.717, 1.165) is 5.69 Å². The van der Waals surface area contributed by atoms with Crippen molar-refractivity contribution in [1.29, 1.82) is 0 Å². The standard InChI is InChI=1S/C17H15F3N4OS/c1-9-10(2)22-16(11(3)21-9)24-15(25)8-14(23-24)12-4-6-13(7-5-12)26-17(18,19)20/h4-8,23H,1-3H3. The Morgan fingerprint density at radius 3 is 2.23 bits per heavy atom. The third-order valence-electron chi connectivity index (χ3n) is 3.79. The maximum Gasteiger partial charge on any atom is 0.446 e. The van der Waals surface area contributed by atoms with Crippen LogP contribution in [0.5, 0.6) is 0 Å². The molecule has 0 saturated carbocycles. The van der Waals surface area contributed by atoms with Crippen LogP contribution in [0.2, 0.25) is 0 Å². The summed E-state index contributed by atoms with van der Waals surface area (Å²) in [5.74, 6) is 0.397. The minimum Gasteiger partial charge on any atom is -0.289 e. The number of rotatable bonds is 3. The molecular weight excluding hydrogens is 365 g/mol. The van der Waals surface area contributed by atoms with Gasteiger partial charge >= 0.3 is 5.51 Å². The van der Waals surface area contributed by atoms with E-state index in [1.807, 2.05) is 6.92 Å². The SMILES string of the molecule is Cc1nc(C)c(-n2[nH]c(-c3ccc(SC(F)(F)F)cc3)cc2=O)nc1C. The van der Waals surface area contributed by atoms with Gasteiger partial charge in [0.15, 0.2) is 5.82 Å². The number of halogens is 3. The number of aromatic nitrogens is 4. The van der Waals surface area contributed by atoms with E-state index in [1.165, 1.54) is 35.0 Å². The fourth-order valence-electron chi connectivity index (χ4n) is 2.45. The van der Waals surface area contributed by atoms with Gasteiger partial charge in [-0.3, -0.25) is 14.9 Å². The summed E-state index contributed by atoms with van der Waals surface area (Å²) in [5.41, 5.74) is -1.49. The maximum absolute atomic E-state index is 12.4. The molecule has 0 spiro atoms. The first-order valence-corrected chi connectivity index (χ1v) is 8.46. The van der Waals surface area contributed by atoms with Crippen molar-refractivity contribution in [1.82, 2.24) is 19.7 Å². The zero-order valence-electron chi connectivity index (χ0n) is 14.2. The van der Waals surface area contributed by atoms with Gasteiger partial charge in [-0.15, -0.1) is 0 Å². The summed E-state index contributed by atoms with van der Waals surface area (Å²) in [6.45, 7) is 5.39. The van der Waals surface area contributed by atoms with Gasteiger partial charge in [0.25, 0.3) is 5.56 Å². The summed E-state index contributed by atoms with van der Waals surface area (Å²) in [7, 11) is 0. The van der Waals surface area contributed by atoms with Gasteiger partial charge in [-0.05, 0) is 50.2 Å². The van der Waals surface area contributed by atoms with E-state index < -0.39 is 5.51 Å². The fraction of sp³-hybridized carbons (Fsp3) is 0.235. The van der Waals surface area contributed by atoms with Crippen LogP contribution in [-0.2, 0) is 0 Å². The first kappa shape index (κ1) is 18.2. The lowest BCUT2D eigenvalue weighted by Gasteiger charge is -2.08. The Bertz CT molecular complexity index is 1010. The minimum atomic E-state index is -4.33. The third kappa shape index (κ3) is 3.82. The highest BCUT2D eigenvalue weighted by Gasteiger charge is 2.29. The molecule has 0 unspecified atom stereocenters. The van der Waals surface area contributed by atoms with E-state index in [9.17, 15) is 18.0 Å². The second-order valence-electron chi connectivity index (χ2n) is 5.72. The second-order valence-corrected chi connectivity index (χ2v) is 6.86. The molecule has 0 bridgehead atoms. The van der Waals surface area contributed by atoms with Crippen molar-refractivity contribution in [2.75, 3.05) is 0 Å². The van der Waals surface area contributed by atoms with E-state index >= 15 is 0 Å². The van der Waals surface area contributed by atoms with Gasteiger partial charge in [-0.25, -0.2) is 4.98 Å². The summed E-state index contributed by atoms with van der Waals surface area (Å²) in [4.78, 5) is 21.2. The minimum absolute atomic E-state index is 0.0823. The molecule has 1 aromatic carbocycles. The Morgan fingerprint density at radius 2 is 1.62 bits per heavy atom. The van der Waals surface area contributed by atoms with Crippen LogP contribution in [0.1, 0.15) is 17.1 Å². The van der Waals surface area contributed by atoms with Crippen molar-refractivity contribution >= 4 is 11.8 Å². The summed E-state index contributed by atoms with van der Waals surface area (Å²) >= 11 is -0.181. The Labute approximate surface area is 151 Å². The highest BCUT2D eigenvalue weighted by atomic mass is 32.2. The molecule has 26 heavy (non-hydrogen) atoms. The van der Waals surface area contributed by atoms with Crippen LogP contribution in [0.25, 0.3) is 17.1 Å². The molecule has 0 amide bonds. The van der Waals surface area contributed by atoms with Crippen LogP contribution in [0.4, 0.5) is 13.2 Å². The zero-order valence-corrected chi connectivity index (χ0v) is 15.0. The second kappa shape index (κ2) is 6.64. The number of H-pyrrole nitrogens is 1. The largest absolute Gasteiger partial charge is 0.446 e. The average molecular weight is 380 g/mol. The smallest absolute Gasteiger partial charge is 0.289 e. The van der Waals surface area contributed by atoms with E-state index in [1.54, 1.807) is 13.8 Å². The van der Waals surface area contributed by atoms with Crippen LogP contribution < -0.4 is 5.56 Å². The van der Waals surface area contributed by atoms with Crippen LogP contribution in [0.15, 0.2) is 40.0 Å². The zero-order chi connectivity index (χ0) is 19.1. The Kier molecular flexibility index (Phi) is 4.66. The van der Waals surface area contributed by atoms with Crippen molar-refractivity contribution < 1.29 is 13.2 Å². The molecule has 1 N–H and O–H groups in total. The van der Waals surface area contributed by atoms with Gasteiger partial charge in [0, 0.05) is 11.0 Å². The molecule has 2 heterocycles. The van der Waals surface area contributed by atoms with Gasteiger partial charge in [0.2, 0.25) is 0 Å². The highest BCUT2D eigenvalue weighted by Crippen LogP contribution is 2.37. The van der Waals surface area contributed by atoms with Crippen molar-refractivity contribution in [3.8, 4) is 17.1 Å². The molecule has 0 radical (unpaired) electrons. The normalized spacial score (nSPS) is 11.8. The van der Waals surface area contributed by atoms with E-state index in [2.05, 4.69) is 15.1 Å². The van der Waals surface area contributed by atoms with Gasteiger partial charge in [0.1, 0.15) is 0 Å². The maximum atomic E-state index is 12.4. The molecule has 0 aliphatic heterocycles. The lowest BCUT2D eigenvalue weighted by Crippen LogP contribution is -2.18. The lowest BCUT2D eigenvalue weighted by atomic mass is 10.2. The lowest BCUT2D eigenvalue weighted by molar-refractivity contribution is -0.0328. The number of hydrogen-bond acceptors (Lipinski definition) is 4. The molecule has 9 heteroatoms. The topological polar surface area (TPSA) is 63.6 Å². The van der Waals surface area contributed by atoms with E-state index in [4.69, 9.17) is 0 Å². The highest BCUT2D eigenvalue weighted by molar-refractivity contribution is 8.00. The van der Waals surface area contributed by atoms with Gasteiger partial charge in [-0.1, -0.05) is 12.1 Å². The van der Waals surface area contributed by atoms with Crippen molar-refractivity contribution in [3.05, 3.63) is 57.8 Å². The predicted molar refractivity (Wildman–Crippen MR) is 93.5 cm³/mol. The quantitative estimate of drug-likeness (QED) is 0.693. The first-order chi connectivity index (χ1) is 12.1. The Balaban J connectivity index is 1.96. The number of alkyl halides is 3. The molecule has 0 saturated heterocycles. The average Bonchev–Trinajstić information content (AvgIpc) is 2.92. The van der Waals surface area contributed by atoms with E-state index in [-0.39, 0.29) is 22.2 Å². The molecule has 3 rings (SSSR count). The van der Waals surface area contributed by atoms with Gasteiger partial charge in [-0.2, -0.15) is 17.9 Å².